The van der Waals surface area contributed by atoms with Gasteiger partial charge in [-0.1, -0.05) is 10.4 Å². The number of hydrogen-bond acceptors (Lipinski definition) is 6. The van der Waals surface area contributed by atoms with Crippen molar-refractivity contribution >= 4 is 5.91 Å². The summed E-state index contributed by atoms with van der Waals surface area (Å²) in [5.41, 5.74) is 0.978. The van der Waals surface area contributed by atoms with Crippen LogP contribution < -0.4 is 0 Å². The molecule has 1 aromatic carbocycles. The van der Waals surface area contributed by atoms with Gasteiger partial charge in [-0.05, 0) is 37.6 Å². The molecule has 1 fully saturated rings. The molecule has 8 nitrogen and oxygen atoms in total. The number of carbonyl (C=O) groups is 1. The molecule has 0 aliphatic carbocycles. The highest BCUT2D eigenvalue weighted by molar-refractivity contribution is 5.94. The second kappa shape index (κ2) is 6.08. The molecule has 0 saturated carbocycles. The van der Waals surface area contributed by atoms with Gasteiger partial charge in [0.1, 0.15) is 5.82 Å². The number of benzene rings is 1. The first-order chi connectivity index (χ1) is 12.1. The van der Waals surface area contributed by atoms with Crippen LogP contribution in [-0.2, 0) is 0 Å². The van der Waals surface area contributed by atoms with Gasteiger partial charge in [-0.2, -0.15) is 4.98 Å². The zero-order chi connectivity index (χ0) is 17.4. The monoisotopic (exact) mass is 342 g/mol. The summed E-state index contributed by atoms with van der Waals surface area (Å²) in [6, 6.07) is 5.59. The number of nitrogens with zero attached hydrogens (tertiary/aromatic N) is 6. The quantitative estimate of drug-likeness (QED) is 0.722. The minimum atomic E-state index is -0.359. The van der Waals surface area contributed by atoms with Crippen LogP contribution in [0, 0.1) is 12.7 Å². The van der Waals surface area contributed by atoms with Crippen LogP contribution in [0.2, 0.25) is 0 Å². The van der Waals surface area contributed by atoms with E-state index >= 15 is 0 Å². The maximum absolute atomic E-state index is 13.0. The van der Waals surface area contributed by atoms with Gasteiger partial charge >= 0.3 is 0 Å². The van der Waals surface area contributed by atoms with E-state index in [2.05, 4.69) is 20.5 Å². The summed E-state index contributed by atoms with van der Waals surface area (Å²) in [6.07, 6.45) is 2.50. The van der Waals surface area contributed by atoms with E-state index in [1.165, 1.54) is 24.3 Å². The summed E-state index contributed by atoms with van der Waals surface area (Å²) in [5.74, 6) is 0.375. The van der Waals surface area contributed by atoms with Crippen molar-refractivity contribution in [2.24, 2.45) is 0 Å². The SMILES string of the molecule is Cc1noc(-c2cn([C@H]3CCN(C(=O)c4ccc(F)cc4)C3)nn2)n1. The van der Waals surface area contributed by atoms with E-state index < -0.39 is 0 Å². The van der Waals surface area contributed by atoms with Crippen LogP contribution in [0.15, 0.2) is 35.0 Å². The predicted molar refractivity (Wildman–Crippen MR) is 84.0 cm³/mol. The molecule has 0 bridgehead atoms. The topological polar surface area (TPSA) is 89.9 Å². The standard InChI is InChI=1S/C16H15FN6O2/c1-10-18-15(25-20-10)14-9-23(21-19-14)13-6-7-22(8-13)16(24)11-2-4-12(17)5-3-11/h2-5,9,13H,6-8H2,1H3/t13-/m0/s1. The molecule has 1 aliphatic rings. The largest absolute Gasteiger partial charge is 0.336 e. The molecule has 4 rings (SSSR count). The summed E-state index contributed by atoms with van der Waals surface area (Å²) in [6.45, 7) is 2.85. The fraction of sp³-hybridized carbons (Fsp3) is 0.312. The van der Waals surface area contributed by atoms with Crippen LogP contribution in [0.4, 0.5) is 4.39 Å². The molecule has 0 N–H and O–H groups in total. The molecule has 0 radical (unpaired) electrons. The fourth-order valence-corrected chi connectivity index (χ4v) is 2.87. The highest BCUT2D eigenvalue weighted by Crippen LogP contribution is 2.24. The van der Waals surface area contributed by atoms with Gasteiger partial charge in [-0.15, -0.1) is 5.10 Å². The zero-order valence-corrected chi connectivity index (χ0v) is 13.5. The molecule has 0 spiro atoms. The normalized spacial score (nSPS) is 17.2. The summed E-state index contributed by atoms with van der Waals surface area (Å²) in [7, 11) is 0. The minimum absolute atomic E-state index is 0.0228. The average molecular weight is 342 g/mol. The molecular formula is C16H15FN6O2. The number of halogens is 1. The van der Waals surface area contributed by atoms with E-state index in [-0.39, 0.29) is 17.8 Å². The maximum Gasteiger partial charge on any atom is 0.280 e. The first kappa shape index (κ1) is 15.4. The van der Waals surface area contributed by atoms with Gasteiger partial charge in [0.15, 0.2) is 11.5 Å². The Bertz CT molecular complexity index is 904. The molecule has 3 aromatic rings. The molecule has 1 atom stereocenters. The van der Waals surface area contributed by atoms with E-state index in [9.17, 15) is 9.18 Å². The molecule has 1 saturated heterocycles. The smallest absolute Gasteiger partial charge is 0.280 e. The molecule has 0 unspecified atom stereocenters. The molecule has 9 heteroatoms. The van der Waals surface area contributed by atoms with Crippen molar-refractivity contribution in [2.75, 3.05) is 13.1 Å². The van der Waals surface area contributed by atoms with Crippen LogP contribution in [0.3, 0.4) is 0 Å². The van der Waals surface area contributed by atoms with E-state index in [1.807, 2.05) is 0 Å². The highest BCUT2D eigenvalue weighted by atomic mass is 19.1. The Balaban J connectivity index is 1.46. The second-order valence-corrected chi connectivity index (χ2v) is 5.93. The lowest BCUT2D eigenvalue weighted by molar-refractivity contribution is 0.0787. The van der Waals surface area contributed by atoms with Crippen LogP contribution in [0.5, 0.6) is 0 Å². The van der Waals surface area contributed by atoms with Crippen molar-refractivity contribution in [2.45, 2.75) is 19.4 Å². The van der Waals surface area contributed by atoms with Crippen LogP contribution in [0.1, 0.15) is 28.6 Å². The van der Waals surface area contributed by atoms with Gasteiger partial charge in [-0.3, -0.25) is 4.79 Å². The van der Waals surface area contributed by atoms with Crippen molar-refractivity contribution < 1.29 is 13.7 Å². The maximum atomic E-state index is 13.0. The van der Waals surface area contributed by atoms with Gasteiger partial charge in [-0.25, -0.2) is 9.07 Å². The van der Waals surface area contributed by atoms with Gasteiger partial charge in [0.05, 0.1) is 12.2 Å². The van der Waals surface area contributed by atoms with E-state index in [0.717, 1.165) is 6.42 Å². The Hall–Kier alpha value is -3.10. The summed E-state index contributed by atoms with van der Waals surface area (Å²) in [4.78, 5) is 18.3. The Labute approximate surface area is 142 Å². The van der Waals surface area contributed by atoms with Crippen LogP contribution in [0.25, 0.3) is 11.6 Å². The molecule has 3 heterocycles. The fourth-order valence-electron chi connectivity index (χ4n) is 2.87. The Morgan fingerprint density at radius 3 is 2.84 bits per heavy atom. The Morgan fingerprint density at radius 2 is 2.12 bits per heavy atom. The first-order valence-electron chi connectivity index (χ1n) is 7.87. The number of aromatic nitrogens is 5. The predicted octanol–water partition coefficient (Wildman–Crippen LogP) is 1.86. The molecule has 2 aromatic heterocycles. The summed E-state index contributed by atoms with van der Waals surface area (Å²) in [5, 5.41) is 11.9. The lowest BCUT2D eigenvalue weighted by Gasteiger charge is -2.16. The summed E-state index contributed by atoms with van der Waals surface area (Å²) >= 11 is 0. The highest BCUT2D eigenvalue weighted by Gasteiger charge is 2.29. The van der Waals surface area contributed by atoms with Crippen molar-refractivity contribution in [1.82, 2.24) is 30.0 Å². The molecule has 25 heavy (non-hydrogen) atoms. The first-order valence-corrected chi connectivity index (χ1v) is 7.87. The second-order valence-electron chi connectivity index (χ2n) is 5.93. The lowest BCUT2D eigenvalue weighted by atomic mass is 10.2. The van der Waals surface area contributed by atoms with Crippen molar-refractivity contribution in [3.05, 3.63) is 47.7 Å². The third-order valence-corrected chi connectivity index (χ3v) is 4.17. The minimum Gasteiger partial charge on any atom is -0.336 e. The van der Waals surface area contributed by atoms with E-state index in [1.54, 1.807) is 22.7 Å². The third kappa shape index (κ3) is 3.00. The summed E-state index contributed by atoms with van der Waals surface area (Å²) < 4.78 is 19.8. The number of aryl methyl sites for hydroxylation is 1. The van der Waals surface area contributed by atoms with E-state index in [0.29, 0.717) is 36.1 Å². The lowest BCUT2D eigenvalue weighted by Crippen LogP contribution is -2.29. The van der Waals surface area contributed by atoms with Gasteiger partial charge < -0.3 is 9.42 Å². The van der Waals surface area contributed by atoms with Crippen molar-refractivity contribution in [3.63, 3.8) is 0 Å². The van der Waals surface area contributed by atoms with Gasteiger partial charge in [0.2, 0.25) is 0 Å². The number of likely N-dealkylation sites (tertiary alicyclic amines) is 1. The van der Waals surface area contributed by atoms with Crippen LogP contribution in [-0.4, -0.2) is 49.0 Å². The number of carbonyl (C=O) groups excluding carboxylic acids is 1. The zero-order valence-electron chi connectivity index (χ0n) is 13.5. The third-order valence-electron chi connectivity index (χ3n) is 4.17. The molecule has 1 aliphatic heterocycles. The Morgan fingerprint density at radius 1 is 1.32 bits per heavy atom. The van der Waals surface area contributed by atoms with Crippen LogP contribution >= 0.6 is 0 Å². The molecule has 1 amide bonds. The Kier molecular flexibility index (Phi) is 3.75. The van der Waals surface area contributed by atoms with Gasteiger partial charge in [0, 0.05) is 18.7 Å². The van der Waals surface area contributed by atoms with E-state index in [4.69, 9.17) is 4.52 Å². The number of rotatable bonds is 3. The number of hydrogen-bond donors (Lipinski definition) is 0. The van der Waals surface area contributed by atoms with Crippen molar-refractivity contribution in [3.8, 4) is 11.6 Å². The molecule has 128 valence electrons. The molecular weight excluding hydrogens is 327 g/mol. The van der Waals surface area contributed by atoms with Gasteiger partial charge in [0.25, 0.3) is 11.8 Å². The average Bonchev–Trinajstić information content (AvgIpc) is 3.34. The number of amides is 1. The van der Waals surface area contributed by atoms with Crippen molar-refractivity contribution in [1.29, 1.82) is 0 Å².